The van der Waals surface area contributed by atoms with Gasteiger partial charge in [-0.15, -0.1) is 0 Å². The summed E-state index contributed by atoms with van der Waals surface area (Å²) >= 11 is 0. The highest BCUT2D eigenvalue weighted by Crippen LogP contribution is 2.36. The highest BCUT2D eigenvalue weighted by Gasteiger charge is 2.52. The predicted molar refractivity (Wildman–Crippen MR) is 144 cm³/mol. The maximum Gasteiger partial charge on any atom is 0.332 e. The molecule has 0 aromatic heterocycles. The van der Waals surface area contributed by atoms with Crippen LogP contribution < -0.4 is 5.32 Å². The Bertz CT molecular complexity index is 1400. The van der Waals surface area contributed by atoms with Crippen molar-refractivity contribution in [2.75, 3.05) is 19.6 Å². The largest absolute Gasteiger partial charge is 0.333 e. The van der Waals surface area contributed by atoms with Gasteiger partial charge in [-0.1, -0.05) is 67.6 Å². The smallest absolute Gasteiger partial charge is 0.332 e. The maximum atomic E-state index is 14.0. The zero-order valence-corrected chi connectivity index (χ0v) is 22.5. The number of hydrogen-bond acceptors (Lipinski definition) is 4. The third kappa shape index (κ3) is 5.76. The van der Waals surface area contributed by atoms with Crippen LogP contribution in [0.25, 0.3) is 0 Å². The molecule has 41 heavy (non-hydrogen) atoms. The summed E-state index contributed by atoms with van der Waals surface area (Å²) in [5.74, 6) is -5.06. The van der Waals surface area contributed by atoms with Crippen LogP contribution in [0.15, 0.2) is 72.8 Å². The second kappa shape index (κ2) is 12.0. The van der Waals surface area contributed by atoms with Crippen LogP contribution in [0.4, 0.5) is 18.0 Å². The summed E-state index contributed by atoms with van der Waals surface area (Å²) in [6.07, 6.45) is -0.121. The molecule has 4 amide bonds. The summed E-state index contributed by atoms with van der Waals surface area (Å²) < 4.78 is 41.6. The fourth-order valence-electron chi connectivity index (χ4n) is 5.38. The molecule has 11 heteroatoms. The fourth-order valence-corrected chi connectivity index (χ4v) is 5.38. The Morgan fingerprint density at radius 2 is 1.59 bits per heavy atom. The fraction of sp³-hybridized carbons (Fsp3) is 0.300. The number of benzene rings is 3. The standard InChI is InChI=1S/C30H30F3N5O3/c1-2-13-36(30(41)34-16-20-9-5-3-6-10-20)37-19-26(39)38-25(37)18-35(17-21-14-23(31)27(33)24(32)15-21)29(40)28(38)22-11-7-4-8-12-22/h3-12,14-15,25,28H,2,13,16-19H2,1H3,(H,34,41)/t25-,28+/m1/s1. The first-order valence-electron chi connectivity index (χ1n) is 13.4. The van der Waals surface area contributed by atoms with Crippen LogP contribution in [0.3, 0.4) is 0 Å². The van der Waals surface area contributed by atoms with E-state index in [1.807, 2.05) is 37.3 Å². The van der Waals surface area contributed by atoms with Gasteiger partial charge in [0, 0.05) is 19.6 Å². The Hall–Kier alpha value is -4.38. The third-order valence-electron chi connectivity index (χ3n) is 7.26. The molecule has 2 aliphatic heterocycles. The monoisotopic (exact) mass is 565 g/mol. The van der Waals surface area contributed by atoms with Gasteiger partial charge in [-0.2, -0.15) is 5.01 Å². The Labute approximate surface area is 235 Å². The highest BCUT2D eigenvalue weighted by molar-refractivity contribution is 5.92. The van der Waals surface area contributed by atoms with Crippen molar-refractivity contribution in [1.82, 2.24) is 25.1 Å². The molecule has 0 unspecified atom stereocenters. The number of fused-ring (bicyclic) bond motifs is 1. The van der Waals surface area contributed by atoms with E-state index in [2.05, 4.69) is 5.32 Å². The van der Waals surface area contributed by atoms with Gasteiger partial charge in [0.25, 0.3) is 5.91 Å². The Balaban J connectivity index is 1.46. The molecule has 8 nitrogen and oxygen atoms in total. The first kappa shape index (κ1) is 28.2. The van der Waals surface area contributed by atoms with Crippen LogP contribution in [0.2, 0.25) is 0 Å². The highest BCUT2D eigenvalue weighted by atomic mass is 19.2. The summed E-state index contributed by atoms with van der Waals surface area (Å²) in [6.45, 7) is 2.14. The summed E-state index contributed by atoms with van der Waals surface area (Å²) in [5.41, 5.74) is 1.54. The summed E-state index contributed by atoms with van der Waals surface area (Å²) in [4.78, 5) is 43.6. The normalized spacial score (nSPS) is 18.9. The first-order valence-corrected chi connectivity index (χ1v) is 13.4. The number of piperazine rings is 1. The van der Waals surface area contributed by atoms with E-state index < -0.39 is 41.6 Å². The van der Waals surface area contributed by atoms with Crippen molar-refractivity contribution in [2.24, 2.45) is 0 Å². The number of carbonyl (C=O) groups is 3. The number of amides is 4. The molecule has 5 rings (SSSR count). The number of rotatable bonds is 8. The minimum absolute atomic E-state index is 0.0271. The molecule has 1 N–H and O–H groups in total. The molecule has 3 aromatic carbocycles. The molecular weight excluding hydrogens is 535 g/mol. The van der Waals surface area contributed by atoms with Crippen LogP contribution in [-0.2, 0) is 22.7 Å². The van der Waals surface area contributed by atoms with E-state index in [4.69, 9.17) is 0 Å². The summed E-state index contributed by atoms with van der Waals surface area (Å²) in [5, 5.41) is 6.04. The number of carbonyl (C=O) groups excluding carboxylic acids is 3. The molecule has 2 fully saturated rings. The zero-order valence-electron chi connectivity index (χ0n) is 22.5. The van der Waals surface area contributed by atoms with Crippen molar-refractivity contribution in [3.05, 3.63) is 107 Å². The van der Waals surface area contributed by atoms with Crippen LogP contribution in [0.5, 0.6) is 0 Å². The Kier molecular flexibility index (Phi) is 8.25. The minimum Gasteiger partial charge on any atom is -0.333 e. The Morgan fingerprint density at radius 3 is 2.22 bits per heavy atom. The molecule has 2 heterocycles. The van der Waals surface area contributed by atoms with E-state index in [1.165, 1.54) is 14.8 Å². The molecule has 0 bridgehead atoms. The van der Waals surface area contributed by atoms with Gasteiger partial charge in [-0.25, -0.2) is 18.0 Å². The molecule has 3 aromatic rings. The molecule has 2 saturated heterocycles. The molecule has 0 spiro atoms. The third-order valence-corrected chi connectivity index (χ3v) is 7.26. The minimum atomic E-state index is -1.59. The lowest BCUT2D eigenvalue weighted by molar-refractivity contribution is -0.158. The van der Waals surface area contributed by atoms with Gasteiger partial charge in [0.05, 0.1) is 13.1 Å². The number of urea groups is 1. The van der Waals surface area contributed by atoms with E-state index in [0.717, 1.165) is 17.7 Å². The average molecular weight is 566 g/mol. The van der Waals surface area contributed by atoms with E-state index in [-0.39, 0.29) is 37.6 Å². The molecule has 214 valence electrons. The summed E-state index contributed by atoms with van der Waals surface area (Å²) in [6, 6.07) is 18.5. The maximum absolute atomic E-state index is 14.0. The lowest BCUT2D eigenvalue weighted by atomic mass is 10.00. The molecule has 2 atom stereocenters. The van der Waals surface area contributed by atoms with Crippen molar-refractivity contribution in [3.63, 3.8) is 0 Å². The zero-order chi connectivity index (χ0) is 29.1. The van der Waals surface area contributed by atoms with E-state index in [1.54, 1.807) is 35.3 Å². The number of nitrogens with zero attached hydrogens (tertiary/aromatic N) is 4. The molecule has 2 aliphatic rings. The van der Waals surface area contributed by atoms with Gasteiger partial charge in [0.15, 0.2) is 17.5 Å². The van der Waals surface area contributed by atoms with Crippen LogP contribution >= 0.6 is 0 Å². The number of hydrogen-bond donors (Lipinski definition) is 1. The number of nitrogens with one attached hydrogen (secondary N) is 1. The van der Waals surface area contributed by atoms with Gasteiger partial charge in [0.1, 0.15) is 12.2 Å². The van der Waals surface area contributed by atoms with E-state index >= 15 is 0 Å². The summed E-state index contributed by atoms with van der Waals surface area (Å²) in [7, 11) is 0. The van der Waals surface area contributed by atoms with Crippen molar-refractivity contribution in [2.45, 2.75) is 38.6 Å². The average Bonchev–Trinajstić information content (AvgIpc) is 3.29. The van der Waals surface area contributed by atoms with Crippen molar-refractivity contribution < 1.29 is 27.6 Å². The second-order valence-corrected chi connectivity index (χ2v) is 10.1. The van der Waals surface area contributed by atoms with Gasteiger partial charge in [-0.05, 0) is 35.2 Å². The van der Waals surface area contributed by atoms with Crippen LogP contribution in [-0.4, -0.2) is 63.5 Å². The quantitative estimate of drug-likeness (QED) is 0.416. The lowest BCUT2D eigenvalue weighted by Gasteiger charge is -2.46. The van der Waals surface area contributed by atoms with E-state index in [9.17, 15) is 27.6 Å². The predicted octanol–water partition coefficient (Wildman–Crippen LogP) is 4.19. The number of halogens is 3. The van der Waals surface area contributed by atoms with Crippen molar-refractivity contribution in [1.29, 1.82) is 0 Å². The van der Waals surface area contributed by atoms with Crippen molar-refractivity contribution in [3.8, 4) is 0 Å². The molecule has 0 radical (unpaired) electrons. The van der Waals surface area contributed by atoms with Gasteiger partial charge >= 0.3 is 6.03 Å². The van der Waals surface area contributed by atoms with Crippen LogP contribution in [0, 0.1) is 17.5 Å². The molecule has 0 aliphatic carbocycles. The SMILES string of the molecule is CCCN(C(=O)NCc1ccccc1)N1CC(=O)N2[C@@H](c3ccccc3)C(=O)N(Cc3cc(F)c(F)c(F)c3)C[C@@H]21. The van der Waals surface area contributed by atoms with Gasteiger partial charge in [0.2, 0.25) is 5.91 Å². The molecular formula is C30H30F3N5O3. The van der Waals surface area contributed by atoms with Crippen LogP contribution in [0.1, 0.15) is 36.1 Å². The molecule has 0 saturated carbocycles. The second-order valence-electron chi connectivity index (χ2n) is 10.1. The van der Waals surface area contributed by atoms with Gasteiger partial charge in [-0.3, -0.25) is 14.6 Å². The first-order chi connectivity index (χ1) is 19.8. The van der Waals surface area contributed by atoms with Crippen molar-refractivity contribution >= 4 is 17.8 Å². The Morgan fingerprint density at radius 1 is 0.951 bits per heavy atom. The lowest BCUT2D eigenvalue weighted by Crippen LogP contribution is -2.62. The number of hydrazine groups is 1. The van der Waals surface area contributed by atoms with Gasteiger partial charge < -0.3 is 15.1 Å². The topological polar surface area (TPSA) is 76.2 Å². The van der Waals surface area contributed by atoms with E-state index in [0.29, 0.717) is 18.5 Å².